The molecule has 132 valence electrons. The topological polar surface area (TPSA) is 90.5 Å². The first-order valence-electron chi connectivity index (χ1n) is 7.63. The molecule has 0 aliphatic carbocycles. The van der Waals surface area contributed by atoms with E-state index >= 15 is 0 Å². The Bertz CT molecular complexity index is 594. The van der Waals surface area contributed by atoms with Gasteiger partial charge in [-0.2, -0.15) is 0 Å². The Morgan fingerprint density at radius 2 is 1.79 bits per heavy atom. The number of hydrogen-bond acceptors (Lipinski definition) is 4. The zero-order chi connectivity index (χ0) is 18.1. The molecule has 0 saturated heterocycles. The van der Waals surface area contributed by atoms with Crippen LogP contribution >= 0.6 is 11.6 Å². The smallest absolute Gasteiger partial charge is 0.242 e. The number of nitrogens with zero attached hydrogens (tertiary/aromatic N) is 1. The van der Waals surface area contributed by atoms with Gasteiger partial charge in [-0.3, -0.25) is 19.3 Å². The standard InChI is InChI=1S/C16H23ClN4O3/c1-4-18-16(24)11(2)19-14(22)9-21(3)10-15(23)20-13-8-6-5-7-12(13)17/h5-8,11H,4,9-10H2,1-3H3,(H,18,24)(H,19,22)(H,20,23)/t11-/m1/s1. The molecule has 3 N–H and O–H groups in total. The first-order chi connectivity index (χ1) is 11.3. The van der Waals surface area contributed by atoms with E-state index < -0.39 is 6.04 Å². The highest BCUT2D eigenvalue weighted by Crippen LogP contribution is 2.20. The van der Waals surface area contributed by atoms with Crippen LogP contribution in [0.1, 0.15) is 13.8 Å². The number of halogens is 1. The summed E-state index contributed by atoms with van der Waals surface area (Å²) >= 11 is 5.97. The molecule has 24 heavy (non-hydrogen) atoms. The maximum absolute atomic E-state index is 12.0. The number of amides is 3. The third kappa shape index (κ3) is 6.97. The quantitative estimate of drug-likeness (QED) is 0.645. The lowest BCUT2D eigenvalue weighted by molar-refractivity contribution is -0.129. The van der Waals surface area contributed by atoms with Gasteiger partial charge in [0.2, 0.25) is 17.7 Å². The average Bonchev–Trinajstić information content (AvgIpc) is 2.49. The van der Waals surface area contributed by atoms with Gasteiger partial charge in [0.15, 0.2) is 0 Å². The normalized spacial score (nSPS) is 11.7. The van der Waals surface area contributed by atoms with E-state index in [9.17, 15) is 14.4 Å². The molecule has 0 fully saturated rings. The third-order valence-corrected chi connectivity index (χ3v) is 3.43. The van der Waals surface area contributed by atoms with E-state index in [0.717, 1.165) is 0 Å². The molecule has 1 rings (SSSR count). The Kier molecular flexibility index (Phi) is 8.21. The highest BCUT2D eigenvalue weighted by atomic mass is 35.5. The highest BCUT2D eigenvalue weighted by Gasteiger charge is 2.17. The minimum absolute atomic E-state index is 0.000311. The molecule has 0 bridgehead atoms. The molecule has 1 aromatic carbocycles. The monoisotopic (exact) mass is 354 g/mol. The average molecular weight is 355 g/mol. The summed E-state index contributed by atoms with van der Waals surface area (Å²) < 4.78 is 0. The maximum Gasteiger partial charge on any atom is 0.242 e. The minimum Gasteiger partial charge on any atom is -0.355 e. The second-order valence-corrected chi connectivity index (χ2v) is 5.79. The summed E-state index contributed by atoms with van der Waals surface area (Å²) in [5.41, 5.74) is 0.520. The number of carbonyl (C=O) groups excluding carboxylic acids is 3. The van der Waals surface area contributed by atoms with Crippen LogP contribution in [0.3, 0.4) is 0 Å². The van der Waals surface area contributed by atoms with E-state index in [1.54, 1.807) is 50.1 Å². The summed E-state index contributed by atoms with van der Waals surface area (Å²) in [5, 5.41) is 8.33. The van der Waals surface area contributed by atoms with E-state index in [-0.39, 0.29) is 30.8 Å². The summed E-state index contributed by atoms with van der Waals surface area (Å²) in [6, 6.07) is 6.28. The van der Waals surface area contributed by atoms with Crippen LogP contribution in [0.2, 0.25) is 5.02 Å². The van der Waals surface area contributed by atoms with Crippen molar-refractivity contribution >= 4 is 35.0 Å². The van der Waals surface area contributed by atoms with Gasteiger partial charge in [0.05, 0.1) is 23.8 Å². The first kappa shape index (κ1) is 19.9. The molecule has 0 spiro atoms. The molecule has 3 amide bonds. The lowest BCUT2D eigenvalue weighted by atomic mass is 10.3. The molecule has 0 unspecified atom stereocenters. The number of rotatable bonds is 8. The zero-order valence-corrected chi connectivity index (χ0v) is 14.8. The van der Waals surface area contributed by atoms with Crippen molar-refractivity contribution in [1.82, 2.24) is 15.5 Å². The second kappa shape index (κ2) is 9.89. The molecular weight excluding hydrogens is 332 g/mol. The predicted octanol–water partition coefficient (Wildman–Crippen LogP) is 0.851. The molecular formula is C16H23ClN4O3. The van der Waals surface area contributed by atoms with E-state index in [4.69, 9.17) is 11.6 Å². The van der Waals surface area contributed by atoms with Crippen LogP contribution in [0.15, 0.2) is 24.3 Å². The van der Waals surface area contributed by atoms with Crippen LogP contribution in [0.4, 0.5) is 5.69 Å². The van der Waals surface area contributed by atoms with E-state index in [2.05, 4.69) is 16.0 Å². The molecule has 0 heterocycles. The fourth-order valence-electron chi connectivity index (χ4n) is 1.98. The SMILES string of the molecule is CCNC(=O)[C@@H](C)NC(=O)CN(C)CC(=O)Nc1ccccc1Cl. The van der Waals surface area contributed by atoms with Crippen molar-refractivity contribution in [2.24, 2.45) is 0 Å². The molecule has 8 heteroatoms. The number of hydrogen-bond donors (Lipinski definition) is 3. The van der Waals surface area contributed by atoms with Gasteiger partial charge < -0.3 is 16.0 Å². The van der Waals surface area contributed by atoms with Crippen molar-refractivity contribution < 1.29 is 14.4 Å². The Morgan fingerprint density at radius 3 is 2.42 bits per heavy atom. The van der Waals surface area contributed by atoms with Crippen molar-refractivity contribution in [3.8, 4) is 0 Å². The fraction of sp³-hybridized carbons (Fsp3) is 0.438. The molecule has 0 saturated carbocycles. The molecule has 0 aliphatic rings. The summed E-state index contributed by atoms with van der Waals surface area (Å²) in [4.78, 5) is 37.0. The Balaban J connectivity index is 2.41. The van der Waals surface area contributed by atoms with Gasteiger partial charge in [-0.1, -0.05) is 23.7 Å². The van der Waals surface area contributed by atoms with Gasteiger partial charge in [0, 0.05) is 6.54 Å². The summed E-state index contributed by atoms with van der Waals surface area (Å²) in [7, 11) is 1.64. The molecule has 0 aliphatic heterocycles. The van der Waals surface area contributed by atoms with Gasteiger partial charge in [-0.25, -0.2) is 0 Å². The molecule has 0 aromatic heterocycles. The summed E-state index contributed by atoms with van der Waals surface area (Å²) in [6.07, 6.45) is 0. The lowest BCUT2D eigenvalue weighted by Crippen LogP contribution is -2.48. The fourth-order valence-corrected chi connectivity index (χ4v) is 2.16. The third-order valence-electron chi connectivity index (χ3n) is 3.10. The minimum atomic E-state index is -0.622. The van der Waals surface area contributed by atoms with Crippen molar-refractivity contribution in [2.75, 3.05) is 32.0 Å². The Labute approximate surface area is 146 Å². The molecule has 7 nitrogen and oxygen atoms in total. The van der Waals surface area contributed by atoms with Gasteiger partial charge in [0.25, 0.3) is 0 Å². The van der Waals surface area contributed by atoms with Crippen LogP contribution in [0.25, 0.3) is 0 Å². The summed E-state index contributed by atoms with van der Waals surface area (Å²) in [5.74, 6) is -0.859. The van der Waals surface area contributed by atoms with Crippen molar-refractivity contribution in [3.05, 3.63) is 29.3 Å². The maximum atomic E-state index is 12.0. The predicted molar refractivity (Wildman–Crippen MR) is 93.9 cm³/mol. The number of nitrogens with one attached hydrogen (secondary N) is 3. The van der Waals surface area contributed by atoms with Crippen LogP contribution in [0, 0.1) is 0 Å². The molecule has 1 atom stereocenters. The summed E-state index contributed by atoms with van der Waals surface area (Å²) in [6.45, 7) is 3.93. The van der Waals surface area contributed by atoms with Crippen LogP contribution < -0.4 is 16.0 Å². The first-order valence-corrected chi connectivity index (χ1v) is 8.01. The molecule has 0 radical (unpaired) electrons. The van der Waals surface area contributed by atoms with E-state index in [0.29, 0.717) is 17.3 Å². The van der Waals surface area contributed by atoms with Gasteiger partial charge in [-0.15, -0.1) is 0 Å². The van der Waals surface area contributed by atoms with Crippen molar-refractivity contribution in [1.29, 1.82) is 0 Å². The highest BCUT2D eigenvalue weighted by molar-refractivity contribution is 6.33. The number of anilines is 1. The van der Waals surface area contributed by atoms with Gasteiger partial charge >= 0.3 is 0 Å². The number of para-hydroxylation sites is 1. The van der Waals surface area contributed by atoms with Crippen LogP contribution in [-0.2, 0) is 14.4 Å². The van der Waals surface area contributed by atoms with E-state index in [1.807, 2.05) is 0 Å². The van der Waals surface area contributed by atoms with Crippen LogP contribution in [0.5, 0.6) is 0 Å². The largest absolute Gasteiger partial charge is 0.355 e. The second-order valence-electron chi connectivity index (χ2n) is 5.38. The van der Waals surface area contributed by atoms with E-state index in [1.165, 1.54) is 0 Å². The van der Waals surface area contributed by atoms with Crippen molar-refractivity contribution in [2.45, 2.75) is 19.9 Å². The van der Waals surface area contributed by atoms with Gasteiger partial charge in [-0.05, 0) is 33.0 Å². The lowest BCUT2D eigenvalue weighted by Gasteiger charge is -2.18. The Morgan fingerprint density at radius 1 is 1.17 bits per heavy atom. The zero-order valence-electron chi connectivity index (χ0n) is 14.1. The number of benzene rings is 1. The van der Waals surface area contributed by atoms with Gasteiger partial charge in [0.1, 0.15) is 6.04 Å². The van der Waals surface area contributed by atoms with Crippen molar-refractivity contribution in [3.63, 3.8) is 0 Å². The Hall–Kier alpha value is -2.12. The molecule has 1 aromatic rings. The number of carbonyl (C=O) groups is 3. The number of likely N-dealkylation sites (N-methyl/N-ethyl adjacent to an activating group) is 2. The van der Waals surface area contributed by atoms with Crippen LogP contribution in [-0.4, -0.2) is 55.3 Å².